The van der Waals surface area contributed by atoms with Crippen LogP contribution in [0.4, 0.5) is 17.5 Å². The van der Waals surface area contributed by atoms with Gasteiger partial charge in [0.05, 0.1) is 79.4 Å². The topological polar surface area (TPSA) is 318 Å². The SMILES string of the molecule is COc1nc(-n2ccc3c(C#N)cccc32)nc(NCc2ccccc2)c1C.COc1nc(-n2ccc3c(C(N)=O)cccc32)nc(NCc2ccccc2)c1C.COc1nc(Cl)nc(Cl)c1C.COc1nc(Cl)nc(NCc2ccccc2)c1C.Cc1c(Cl)nc(Cl)nc1Cl.Cc1cc2c(C#N)cccc2[nH]1.[Y]. The van der Waals surface area contributed by atoms with E-state index >= 15 is 0 Å². The van der Waals surface area contributed by atoms with Gasteiger partial charge in [-0.3, -0.25) is 13.9 Å². The minimum absolute atomic E-state index is 0. The van der Waals surface area contributed by atoms with E-state index in [0.717, 1.165) is 71.8 Å². The third-order valence-corrected chi connectivity index (χ3v) is 17.8. The monoisotopic (exact) mass is 1650 g/mol. The smallest absolute Gasteiger partial charge is 0.249 e. The van der Waals surface area contributed by atoms with Crippen molar-refractivity contribution in [3.8, 4) is 47.6 Å². The Balaban J connectivity index is 0.000000173. The third-order valence-electron chi connectivity index (χ3n) is 16.2. The molecule has 8 heterocycles. The number of aromatic nitrogens is 13. The van der Waals surface area contributed by atoms with Crippen LogP contribution in [-0.2, 0) is 52.3 Å². The van der Waals surface area contributed by atoms with Crippen LogP contribution in [0.2, 0.25) is 31.3 Å². The molecule has 6 N–H and O–H groups in total. The number of halogens is 6. The second-order valence-corrected chi connectivity index (χ2v) is 25.4. The minimum Gasteiger partial charge on any atom is -0.481 e. The van der Waals surface area contributed by atoms with Crippen LogP contribution in [0, 0.1) is 64.2 Å². The third kappa shape index (κ3) is 22.0. The quantitative estimate of drug-likeness (QED) is 0.0443. The molecule has 6 aromatic carbocycles. The van der Waals surface area contributed by atoms with Gasteiger partial charge in [0, 0.05) is 109 Å². The zero-order valence-electron chi connectivity index (χ0n) is 60.6. The van der Waals surface area contributed by atoms with E-state index in [2.05, 4.69) is 85.1 Å². The molecule has 0 atom stereocenters. The number of nitrogens with one attached hydrogen (secondary N) is 4. The predicted octanol–water partition coefficient (Wildman–Crippen LogP) is 17.9. The number of nitrogens with zero attached hydrogens (tertiary/aromatic N) is 14. The molecule has 1 radical (unpaired) electrons. The average Bonchev–Trinajstić information content (AvgIpc) is 1.54. The molecule has 0 unspecified atom stereocenters. The van der Waals surface area contributed by atoms with Crippen molar-refractivity contribution in [3.63, 3.8) is 0 Å². The summed E-state index contributed by atoms with van der Waals surface area (Å²) in [6.07, 6.45) is 3.69. The van der Waals surface area contributed by atoms with Gasteiger partial charge in [-0.2, -0.15) is 40.4 Å². The molecule has 0 saturated carbocycles. The Morgan fingerprint density at radius 1 is 0.431 bits per heavy atom. The fourth-order valence-corrected chi connectivity index (χ4v) is 11.8. The summed E-state index contributed by atoms with van der Waals surface area (Å²) < 4.78 is 24.7. The van der Waals surface area contributed by atoms with Gasteiger partial charge in [0.15, 0.2) is 0 Å². The Kier molecular flexibility index (Phi) is 31.1. The molecular formula is C78H71Cl6N19O5Y. The number of nitriles is 2. The molecule has 109 heavy (non-hydrogen) atoms. The molecule has 24 nitrogen and oxygen atoms in total. The molecule has 0 saturated heterocycles. The number of fused-ring (bicyclic) bond motifs is 3. The van der Waals surface area contributed by atoms with Crippen molar-refractivity contribution in [1.29, 1.82) is 10.5 Å². The van der Waals surface area contributed by atoms with Gasteiger partial charge in [-0.25, -0.2) is 19.9 Å². The Bertz CT molecular complexity index is 5530. The molecule has 31 heteroatoms. The molecule has 0 spiro atoms. The zero-order chi connectivity index (χ0) is 77.6. The maximum atomic E-state index is 11.7. The summed E-state index contributed by atoms with van der Waals surface area (Å²) in [5.41, 5.74) is 18.4. The molecule has 8 aromatic heterocycles. The molecule has 0 aliphatic carbocycles. The van der Waals surface area contributed by atoms with Crippen molar-refractivity contribution in [2.75, 3.05) is 44.4 Å². The van der Waals surface area contributed by atoms with Gasteiger partial charge in [-0.05, 0) is 148 Å². The van der Waals surface area contributed by atoms with Gasteiger partial charge in [0.25, 0.3) is 0 Å². The summed E-state index contributed by atoms with van der Waals surface area (Å²) in [4.78, 5) is 56.5. The first-order valence-corrected chi connectivity index (χ1v) is 35.1. The maximum Gasteiger partial charge on any atom is 0.249 e. The van der Waals surface area contributed by atoms with Gasteiger partial charge in [0.2, 0.25) is 57.2 Å². The summed E-state index contributed by atoms with van der Waals surface area (Å²) in [5.74, 6) is 4.45. The van der Waals surface area contributed by atoms with Gasteiger partial charge >= 0.3 is 0 Å². The Hall–Kier alpha value is -10.8. The van der Waals surface area contributed by atoms with E-state index in [1.165, 1.54) is 12.7 Å². The molecule has 553 valence electrons. The number of ether oxygens (including phenoxy) is 4. The number of carbonyl (C=O) groups is 1. The normalized spacial score (nSPS) is 10.3. The number of anilines is 3. The van der Waals surface area contributed by atoms with Crippen LogP contribution in [0.25, 0.3) is 44.6 Å². The van der Waals surface area contributed by atoms with Crippen LogP contribution in [-0.4, -0.2) is 98.3 Å². The number of hydrogen-bond acceptors (Lipinski definition) is 20. The van der Waals surface area contributed by atoms with Crippen molar-refractivity contribution in [2.24, 2.45) is 5.73 Å². The van der Waals surface area contributed by atoms with Gasteiger partial charge in [0.1, 0.15) is 32.9 Å². The number of primary amides is 1. The number of hydrogen-bond donors (Lipinski definition) is 5. The van der Waals surface area contributed by atoms with E-state index in [9.17, 15) is 10.1 Å². The molecular weight excluding hydrogens is 1580 g/mol. The first-order chi connectivity index (χ1) is 52.1. The van der Waals surface area contributed by atoms with Crippen LogP contribution >= 0.6 is 69.6 Å². The summed E-state index contributed by atoms with van der Waals surface area (Å²) in [5, 5.41) is 32.0. The zero-order valence-corrected chi connectivity index (χ0v) is 68.0. The second-order valence-electron chi connectivity index (χ2n) is 23.3. The van der Waals surface area contributed by atoms with E-state index in [4.69, 9.17) is 110 Å². The van der Waals surface area contributed by atoms with Gasteiger partial charge in [-0.15, -0.1) is 0 Å². The van der Waals surface area contributed by atoms with Crippen molar-refractivity contribution in [3.05, 3.63) is 274 Å². The van der Waals surface area contributed by atoms with E-state index in [-0.39, 0.29) is 48.6 Å². The first kappa shape index (κ1) is 83.9. The van der Waals surface area contributed by atoms with E-state index in [1.807, 2.05) is 183 Å². The Morgan fingerprint density at radius 3 is 1.24 bits per heavy atom. The molecule has 0 bridgehead atoms. The number of aromatic amines is 1. The number of nitrogens with two attached hydrogens (primary N) is 1. The number of amides is 1. The number of aryl methyl sites for hydroxylation is 1. The fraction of sp³-hybridized carbons (Fsp3) is 0.167. The molecule has 0 fully saturated rings. The molecule has 0 aliphatic heterocycles. The van der Waals surface area contributed by atoms with Crippen molar-refractivity contribution < 1.29 is 56.5 Å². The maximum absolute atomic E-state index is 11.7. The van der Waals surface area contributed by atoms with Crippen LogP contribution in [0.15, 0.2) is 176 Å². The first-order valence-electron chi connectivity index (χ1n) is 32.8. The average molecular weight is 1660 g/mol. The van der Waals surface area contributed by atoms with E-state index in [0.29, 0.717) is 110 Å². The molecule has 0 aliphatic rings. The number of rotatable bonds is 16. The largest absolute Gasteiger partial charge is 0.481 e. The minimum atomic E-state index is -0.471. The number of H-pyrrole nitrogens is 1. The molecule has 14 aromatic rings. The fourth-order valence-electron chi connectivity index (χ4n) is 10.6. The van der Waals surface area contributed by atoms with E-state index in [1.54, 1.807) is 53.4 Å². The van der Waals surface area contributed by atoms with Crippen LogP contribution < -0.4 is 40.6 Å². The van der Waals surface area contributed by atoms with Crippen molar-refractivity contribution in [2.45, 2.75) is 61.2 Å². The van der Waals surface area contributed by atoms with E-state index < -0.39 is 5.91 Å². The second kappa shape index (κ2) is 40.4. The van der Waals surface area contributed by atoms with Crippen LogP contribution in [0.5, 0.6) is 23.5 Å². The number of benzene rings is 6. The summed E-state index contributed by atoms with van der Waals surface area (Å²) in [7, 11) is 6.25. The summed E-state index contributed by atoms with van der Waals surface area (Å²) >= 11 is 33.7. The summed E-state index contributed by atoms with van der Waals surface area (Å²) in [6.45, 7) is 13.2. The van der Waals surface area contributed by atoms with Crippen molar-refractivity contribution in [1.82, 2.24) is 64.0 Å². The Morgan fingerprint density at radius 2 is 0.798 bits per heavy atom. The van der Waals surface area contributed by atoms with Crippen LogP contribution in [0.1, 0.15) is 71.7 Å². The standard InChI is InChI=1S/C22H21N5O2.C22H19N5O.C13H14ClN3O.C10H8N2.C6H6Cl2N2O.C5H3Cl3N2.Y/c1-14-20(24-13-15-7-4-3-5-8-15)25-22(26-21(14)29-2)27-12-11-16-17(19(23)28)9-6-10-18(16)27;1-15-20(24-14-16-7-4-3-5-8-16)25-22(26-21(15)28-2)27-12-11-18-17(13-23)9-6-10-19(18)27;1-9-11(16-13(14)17-12(9)18-2)15-8-10-6-4-3-5-7-10;1-7-5-9-8(6-11)3-2-4-10(9)12-7;1-3-4(7)9-6(8)10-5(3)11-2;1-2-3(6)9-5(8)10-4(2)7;/h3-12H,13H2,1-2H3,(H2,23,28)(H,24,25,26);3-12H,14H2,1-2H3,(H,24,25,26);3-7H,8H2,1-2H3,(H,15,16,17);2-5,12H,1H3;1-2H3;1H3;. The predicted molar refractivity (Wildman–Crippen MR) is 426 cm³/mol. The van der Waals surface area contributed by atoms with Gasteiger partial charge < -0.3 is 45.6 Å². The van der Waals surface area contributed by atoms with Gasteiger partial charge in [-0.1, -0.05) is 144 Å². The Labute approximate surface area is 684 Å². The summed E-state index contributed by atoms with van der Waals surface area (Å²) in [6, 6.07) is 57.1. The molecule has 1 amide bonds. The number of methoxy groups -OCH3 is 4. The van der Waals surface area contributed by atoms with Crippen LogP contribution in [0.3, 0.4) is 0 Å². The number of carbonyl (C=O) groups excluding carboxylic acids is 1. The molecule has 14 rings (SSSR count). The van der Waals surface area contributed by atoms with Crippen molar-refractivity contribution >= 4 is 126 Å².